The summed E-state index contributed by atoms with van der Waals surface area (Å²) in [5.74, 6) is 0. The van der Waals surface area contributed by atoms with Crippen LogP contribution in [0.4, 0.5) is 0 Å². The second-order valence-electron chi connectivity index (χ2n) is 2.12. The molecular formula is C8H6N2O. The molecule has 0 aliphatic rings. The molecule has 0 aliphatic carbocycles. The van der Waals surface area contributed by atoms with E-state index in [2.05, 4.69) is 10.1 Å². The van der Waals surface area contributed by atoms with Gasteiger partial charge in [0, 0.05) is 24.0 Å². The standard InChI is InChI=1S/C8H6N2O/c1-4-9-5-2-7(1)8-3-6-11-10-8/h1-6H. The molecule has 54 valence electrons. The topological polar surface area (TPSA) is 38.9 Å². The van der Waals surface area contributed by atoms with E-state index in [1.807, 2.05) is 18.2 Å². The van der Waals surface area contributed by atoms with Crippen molar-refractivity contribution in [2.75, 3.05) is 0 Å². The fourth-order valence-corrected chi connectivity index (χ4v) is 0.884. The maximum Gasteiger partial charge on any atom is 0.124 e. The fraction of sp³-hybridized carbons (Fsp3) is 0. The molecule has 3 nitrogen and oxygen atoms in total. The molecule has 0 fully saturated rings. The zero-order chi connectivity index (χ0) is 7.52. The van der Waals surface area contributed by atoms with Crippen molar-refractivity contribution >= 4 is 0 Å². The van der Waals surface area contributed by atoms with Gasteiger partial charge in [0.15, 0.2) is 0 Å². The molecule has 0 saturated heterocycles. The molecule has 0 aromatic carbocycles. The molecule has 0 unspecified atom stereocenters. The first-order chi connectivity index (χ1) is 5.47. The second kappa shape index (κ2) is 2.54. The molecule has 0 saturated carbocycles. The molecule has 0 atom stereocenters. The van der Waals surface area contributed by atoms with Crippen LogP contribution >= 0.6 is 0 Å². The number of pyridine rings is 1. The summed E-state index contributed by atoms with van der Waals surface area (Å²) in [5, 5.41) is 3.78. The molecule has 2 aromatic heterocycles. The summed E-state index contributed by atoms with van der Waals surface area (Å²) in [5.41, 5.74) is 1.86. The molecule has 2 aromatic rings. The van der Waals surface area contributed by atoms with Crippen molar-refractivity contribution < 1.29 is 4.52 Å². The van der Waals surface area contributed by atoms with E-state index in [4.69, 9.17) is 4.52 Å². The molecule has 0 aliphatic heterocycles. The third kappa shape index (κ3) is 1.12. The summed E-state index contributed by atoms with van der Waals surface area (Å²) in [6.07, 6.45) is 5.00. The van der Waals surface area contributed by atoms with Gasteiger partial charge >= 0.3 is 0 Å². The Balaban J connectivity index is 2.46. The average Bonchev–Trinajstić information content (AvgIpc) is 2.58. The van der Waals surface area contributed by atoms with Gasteiger partial charge in [-0.15, -0.1) is 0 Å². The number of nitrogens with zero attached hydrogens (tertiary/aromatic N) is 2. The van der Waals surface area contributed by atoms with Gasteiger partial charge in [-0.1, -0.05) is 5.16 Å². The Morgan fingerprint density at radius 1 is 1.09 bits per heavy atom. The zero-order valence-electron chi connectivity index (χ0n) is 5.77. The van der Waals surface area contributed by atoms with Gasteiger partial charge in [-0.05, 0) is 12.1 Å². The van der Waals surface area contributed by atoms with E-state index in [-0.39, 0.29) is 0 Å². The highest BCUT2D eigenvalue weighted by atomic mass is 16.5. The first kappa shape index (κ1) is 6.09. The second-order valence-corrected chi connectivity index (χ2v) is 2.12. The minimum atomic E-state index is 0.840. The lowest BCUT2D eigenvalue weighted by atomic mass is 10.2. The monoisotopic (exact) mass is 146 g/mol. The van der Waals surface area contributed by atoms with Crippen LogP contribution in [0.15, 0.2) is 41.4 Å². The predicted molar refractivity (Wildman–Crippen MR) is 39.7 cm³/mol. The Morgan fingerprint density at radius 2 is 1.91 bits per heavy atom. The van der Waals surface area contributed by atoms with Gasteiger partial charge in [0.1, 0.15) is 12.0 Å². The molecule has 2 rings (SSSR count). The quantitative estimate of drug-likeness (QED) is 0.615. The minimum absolute atomic E-state index is 0.840. The van der Waals surface area contributed by atoms with Gasteiger partial charge in [-0.2, -0.15) is 0 Å². The first-order valence-corrected chi connectivity index (χ1v) is 3.27. The fourth-order valence-electron chi connectivity index (χ4n) is 0.884. The van der Waals surface area contributed by atoms with Gasteiger partial charge in [0.05, 0.1) is 0 Å². The Kier molecular flexibility index (Phi) is 1.41. The van der Waals surface area contributed by atoms with E-state index < -0.39 is 0 Å². The Morgan fingerprint density at radius 3 is 2.55 bits per heavy atom. The molecule has 0 N–H and O–H groups in total. The average molecular weight is 146 g/mol. The van der Waals surface area contributed by atoms with E-state index >= 15 is 0 Å². The van der Waals surface area contributed by atoms with Gasteiger partial charge in [-0.3, -0.25) is 4.98 Å². The Labute approximate surface area is 63.7 Å². The number of aromatic nitrogens is 2. The van der Waals surface area contributed by atoms with Gasteiger partial charge in [0.2, 0.25) is 0 Å². The lowest BCUT2D eigenvalue weighted by Crippen LogP contribution is -1.75. The van der Waals surface area contributed by atoms with Crippen molar-refractivity contribution in [1.29, 1.82) is 0 Å². The van der Waals surface area contributed by atoms with E-state index in [0.717, 1.165) is 11.3 Å². The third-order valence-corrected chi connectivity index (χ3v) is 1.41. The highest BCUT2D eigenvalue weighted by Gasteiger charge is 1.97. The van der Waals surface area contributed by atoms with Crippen LogP contribution < -0.4 is 0 Å². The third-order valence-electron chi connectivity index (χ3n) is 1.41. The zero-order valence-corrected chi connectivity index (χ0v) is 5.77. The molecule has 11 heavy (non-hydrogen) atoms. The Hall–Kier alpha value is -1.64. The molecule has 0 amide bonds. The van der Waals surface area contributed by atoms with Crippen LogP contribution in [0.1, 0.15) is 0 Å². The normalized spacial score (nSPS) is 9.82. The number of rotatable bonds is 1. The minimum Gasteiger partial charge on any atom is -0.364 e. The highest BCUT2D eigenvalue weighted by molar-refractivity contribution is 5.56. The van der Waals surface area contributed by atoms with Crippen LogP contribution in [-0.2, 0) is 0 Å². The summed E-state index contributed by atoms with van der Waals surface area (Å²) >= 11 is 0. The van der Waals surface area contributed by atoms with Crippen LogP contribution in [-0.4, -0.2) is 10.1 Å². The van der Waals surface area contributed by atoms with Crippen molar-refractivity contribution in [3.05, 3.63) is 36.9 Å². The van der Waals surface area contributed by atoms with Crippen molar-refractivity contribution in [2.45, 2.75) is 0 Å². The first-order valence-electron chi connectivity index (χ1n) is 3.27. The predicted octanol–water partition coefficient (Wildman–Crippen LogP) is 1.74. The lowest BCUT2D eigenvalue weighted by molar-refractivity contribution is 0.422. The lowest BCUT2D eigenvalue weighted by Gasteiger charge is -1.90. The molecular weight excluding hydrogens is 140 g/mol. The SMILES string of the molecule is c1cc(-c2ccon2)ccn1. The molecule has 3 heteroatoms. The summed E-state index contributed by atoms with van der Waals surface area (Å²) in [6.45, 7) is 0. The van der Waals surface area contributed by atoms with E-state index in [1.165, 1.54) is 0 Å². The molecule has 0 spiro atoms. The van der Waals surface area contributed by atoms with Gasteiger partial charge in [0.25, 0.3) is 0 Å². The van der Waals surface area contributed by atoms with E-state index in [1.54, 1.807) is 18.7 Å². The van der Waals surface area contributed by atoms with Crippen molar-refractivity contribution in [3.8, 4) is 11.3 Å². The van der Waals surface area contributed by atoms with Gasteiger partial charge in [-0.25, -0.2) is 0 Å². The van der Waals surface area contributed by atoms with Crippen LogP contribution in [0.25, 0.3) is 11.3 Å². The summed E-state index contributed by atoms with van der Waals surface area (Å²) < 4.78 is 4.70. The van der Waals surface area contributed by atoms with Gasteiger partial charge < -0.3 is 4.52 Å². The molecule has 0 radical (unpaired) electrons. The van der Waals surface area contributed by atoms with E-state index in [0.29, 0.717) is 0 Å². The van der Waals surface area contributed by atoms with E-state index in [9.17, 15) is 0 Å². The number of hydrogen-bond donors (Lipinski definition) is 0. The Bertz CT molecular complexity index is 315. The molecule has 2 heterocycles. The highest BCUT2D eigenvalue weighted by Crippen LogP contribution is 2.14. The summed E-state index contributed by atoms with van der Waals surface area (Å²) in [6, 6.07) is 5.59. The van der Waals surface area contributed by atoms with Crippen LogP contribution in [0, 0.1) is 0 Å². The van der Waals surface area contributed by atoms with Crippen LogP contribution in [0.2, 0.25) is 0 Å². The van der Waals surface area contributed by atoms with Crippen molar-refractivity contribution in [3.63, 3.8) is 0 Å². The maximum absolute atomic E-state index is 4.70. The summed E-state index contributed by atoms with van der Waals surface area (Å²) in [7, 11) is 0. The maximum atomic E-state index is 4.70. The smallest absolute Gasteiger partial charge is 0.124 e. The van der Waals surface area contributed by atoms with Crippen LogP contribution in [0.5, 0.6) is 0 Å². The molecule has 0 bridgehead atoms. The largest absolute Gasteiger partial charge is 0.364 e. The van der Waals surface area contributed by atoms with Crippen LogP contribution in [0.3, 0.4) is 0 Å². The van der Waals surface area contributed by atoms with Crippen molar-refractivity contribution in [2.24, 2.45) is 0 Å². The number of hydrogen-bond acceptors (Lipinski definition) is 3. The summed E-state index contributed by atoms with van der Waals surface area (Å²) in [4.78, 5) is 3.90. The van der Waals surface area contributed by atoms with Crippen molar-refractivity contribution in [1.82, 2.24) is 10.1 Å².